The third-order valence-corrected chi connectivity index (χ3v) is 4.40. The highest BCUT2D eigenvalue weighted by Crippen LogP contribution is 2.27. The number of carbonyl (C=O) groups is 1. The molecule has 0 heterocycles. The van der Waals surface area contributed by atoms with Crippen molar-refractivity contribution in [1.29, 1.82) is 0 Å². The Hall–Kier alpha value is -2.23. The summed E-state index contributed by atoms with van der Waals surface area (Å²) in [7, 11) is 0. The van der Waals surface area contributed by atoms with Crippen LogP contribution in [0.15, 0.2) is 54.1 Å². The Morgan fingerprint density at radius 1 is 0.960 bits per heavy atom. The van der Waals surface area contributed by atoms with Crippen LogP contribution in [0.4, 0.5) is 0 Å². The fourth-order valence-electron chi connectivity index (χ4n) is 3.15. The first-order valence-corrected chi connectivity index (χ1v) is 8.89. The molecule has 130 valence electrons. The van der Waals surface area contributed by atoms with Gasteiger partial charge in [0.05, 0.1) is 0 Å². The van der Waals surface area contributed by atoms with E-state index in [-0.39, 0.29) is 12.1 Å². The highest BCUT2D eigenvalue weighted by molar-refractivity contribution is 6.13. The van der Waals surface area contributed by atoms with Crippen molar-refractivity contribution < 1.29 is 14.3 Å². The maximum Gasteiger partial charge on any atom is 0.189 e. The van der Waals surface area contributed by atoms with Gasteiger partial charge in [-0.2, -0.15) is 0 Å². The summed E-state index contributed by atoms with van der Waals surface area (Å²) in [5.74, 6) is 0.146. The van der Waals surface area contributed by atoms with Gasteiger partial charge in [-0.1, -0.05) is 48.5 Å². The Kier molecular flexibility index (Phi) is 5.79. The minimum atomic E-state index is -0.333. The molecule has 3 nitrogen and oxygen atoms in total. The lowest BCUT2D eigenvalue weighted by molar-refractivity contribution is -0.140. The van der Waals surface area contributed by atoms with E-state index in [4.69, 9.17) is 9.47 Å². The molecule has 0 N–H and O–H groups in total. The first kappa shape index (κ1) is 17.6. The summed E-state index contributed by atoms with van der Waals surface area (Å²) >= 11 is 0. The van der Waals surface area contributed by atoms with Crippen LogP contribution in [0.3, 0.4) is 0 Å². The molecule has 25 heavy (non-hydrogen) atoms. The number of carbonyl (C=O) groups excluding carboxylic acids is 1. The summed E-state index contributed by atoms with van der Waals surface area (Å²) in [5, 5.41) is 0. The third kappa shape index (κ3) is 4.06. The minimum Gasteiger partial charge on any atom is -0.349 e. The average molecular weight is 336 g/mol. The number of fused-ring (bicyclic) bond motifs is 1. The lowest BCUT2D eigenvalue weighted by atomic mass is 9.86. The van der Waals surface area contributed by atoms with Crippen LogP contribution in [-0.4, -0.2) is 19.0 Å². The van der Waals surface area contributed by atoms with Gasteiger partial charge in [-0.15, -0.1) is 0 Å². The Labute approximate surface area is 149 Å². The molecule has 2 aromatic carbocycles. The van der Waals surface area contributed by atoms with E-state index in [2.05, 4.69) is 0 Å². The van der Waals surface area contributed by atoms with E-state index < -0.39 is 0 Å². The normalized spacial score (nSPS) is 15.6. The maximum atomic E-state index is 12.7. The van der Waals surface area contributed by atoms with Crippen molar-refractivity contribution in [3.63, 3.8) is 0 Å². The molecular formula is C22H24O3. The molecule has 0 bridgehead atoms. The van der Waals surface area contributed by atoms with E-state index in [1.807, 2.05) is 68.5 Å². The fraction of sp³-hybridized carbons (Fsp3) is 0.318. The summed E-state index contributed by atoms with van der Waals surface area (Å²) in [5.41, 5.74) is 4.88. The number of aryl methyl sites for hydroxylation is 1. The van der Waals surface area contributed by atoms with Crippen molar-refractivity contribution in [3.05, 3.63) is 76.4 Å². The number of ketones is 1. The lowest BCUT2D eigenvalue weighted by Crippen LogP contribution is -2.13. The summed E-state index contributed by atoms with van der Waals surface area (Å²) < 4.78 is 11.2. The first-order valence-electron chi connectivity index (χ1n) is 8.89. The summed E-state index contributed by atoms with van der Waals surface area (Å²) in [6.07, 6.45) is 3.37. The zero-order valence-electron chi connectivity index (χ0n) is 14.8. The molecule has 0 saturated heterocycles. The van der Waals surface area contributed by atoms with Gasteiger partial charge in [0.15, 0.2) is 12.1 Å². The van der Waals surface area contributed by atoms with Gasteiger partial charge in [0.1, 0.15) is 0 Å². The van der Waals surface area contributed by atoms with Crippen molar-refractivity contribution >= 4 is 11.9 Å². The van der Waals surface area contributed by atoms with Crippen LogP contribution in [-0.2, 0) is 15.9 Å². The number of allylic oxidation sites excluding steroid dienone is 1. The fourth-order valence-corrected chi connectivity index (χ4v) is 3.15. The van der Waals surface area contributed by atoms with Gasteiger partial charge in [0, 0.05) is 29.9 Å². The molecule has 0 radical (unpaired) electrons. The SMILES string of the molecule is CCOC(OCC)c1ccc(/C=C2\CCc3ccccc3C2=O)cc1. The van der Waals surface area contributed by atoms with Gasteiger partial charge in [-0.25, -0.2) is 0 Å². The van der Waals surface area contributed by atoms with E-state index in [0.29, 0.717) is 13.2 Å². The Morgan fingerprint density at radius 3 is 2.32 bits per heavy atom. The molecule has 0 fully saturated rings. The van der Waals surface area contributed by atoms with Gasteiger partial charge in [0.25, 0.3) is 0 Å². The van der Waals surface area contributed by atoms with E-state index in [1.54, 1.807) is 0 Å². The zero-order chi connectivity index (χ0) is 17.6. The van der Waals surface area contributed by atoms with Crippen LogP contribution in [0.25, 0.3) is 6.08 Å². The summed E-state index contributed by atoms with van der Waals surface area (Å²) in [6.45, 7) is 5.11. The molecule has 0 unspecified atom stereocenters. The van der Waals surface area contributed by atoms with Gasteiger partial charge >= 0.3 is 0 Å². The van der Waals surface area contributed by atoms with Gasteiger partial charge in [-0.3, -0.25) is 4.79 Å². The second-order valence-corrected chi connectivity index (χ2v) is 6.07. The minimum absolute atomic E-state index is 0.146. The van der Waals surface area contributed by atoms with Crippen LogP contribution >= 0.6 is 0 Å². The monoisotopic (exact) mass is 336 g/mol. The van der Waals surface area contributed by atoms with Crippen molar-refractivity contribution in [2.75, 3.05) is 13.2 Å². The third-order valence-electron chi connectivity index (χ3n) is 4.40. The Bertz CT molecular complexity index is 753. The molecule has 3 rings (SSSR count). The summed E-state index contributed by atoms with van der Waals surface area (Å²) in [6, 6.07) is 15.9. The topological polar surface area (TPSA) is 35.5 Å². The largest absolute Gasteiger partial charge is 0.349 e. The number of ether oxygens (including phenoxy) is 2. The summed E-state index contributed by atoms with van der Waals surface area (Å²) in [4.78, 5) is 12.7. The van der Waals surface area contributed by atoms with Crippen molar-refractivity contribution in [3.8, 4) is 0 Å². The highest BCUT2D eigenvalue weighted by Gasteiger charge is 2.21. The number of rotatable bonds is 6. The molecule has 1 aliphatic carbocycles. The van der Waals surface area contributed by atoms with Gasteiger partial charge in [0.2, 0.25) is 0 Å². The van der Waals surface area contributed by atoms with Crippen LogP contribution in [0.5, 0.6) is 0 Å². The predicted octanol–water partition coefficient (Wildman–Crippen LogP) is 4.97. The number of hydrogen-bond donors (Lipinski definition) is 0. The van der Waals surface area contributed by atoms with E-state index in [0.717, 1.165) is 40.7 Å². The molecule has 3 heteroatoms. The molecule has 0 aromatic heterocycles. The predicted molar refractivity (Wildman–Crippen MR) is 99.5 cm³/mol. The van der Waals surface area contributed by atoms with Gasteiger partial charge in [-0.05, 0) is 43.9 Å². The molecule has 0 saturated carbocycles. The maximum absolute atomic E-state index is 12.7. The average Bonchev–Trinajstić information content (AvgIpc) is 2.65. The molecule has 0 aliphatic heterocycles. The van der Waals surface area contributed by atoms with Crippen molar-refractivity contribution in [2.45, 2.75) is 33.0 Å². The number of Topliss-reactive ketones (excluding diaryl/α,β-unsaturated/α-hetero) is 1. The second-order valence-electron chi connectivity index (χ2n) is 6.07. The molecular weight excluding hydrogens is 312 g/mol. The van der Waals surface area contributed by atoms with Crippen LogP contribution in [0.2, 0.25) is 0 Å². The zero-order valence-corrected chi connectivity index (χ0v) is 14.8. The Balaban J connectivity index is 1.79. The first-order chi connectivity index (χ1) is 12.2. The van der Waals surface area contributed by atoms with Crippen LogP contribution in [0, 0.1) is 0 Å². The van der Waals surface area contributed by atoms with Crippen molar-refractivity contribution in [1.82, 2.24) is 0 Å². The number of benzene rings is 2. The molecule has 0 spiro atoms. The molecule has 1 aliphatic rings. The van der Waals surface area contributed by atoms with Gasteiger partial charge < -0.3 is 9.47 Å². The van der Waals surface area contributed by atoms with Crippen LogP contribution in [0.1, 0.15) is 53.6 Å². The standard InChI is InChI=1S/C22H24O3/c1-3-24-22(25-4-2)18-11-9-16(10-12-18)15-19-14-13-17-7-5-6-8-20(17)21(19)23/h5-12,15,22H,3-4,13-14H2,1-2H3/b19-15+. The smallest absolute Gasteiger partial charge is 0.189 e. The molecule has 0 atom stereocenters. The van der Waals surface area contributed by atoms with E-state index in [9.17, 15) is 4.79 Å². The number of hydrogen-bond acceptors (Lipinski definition) is 3. The molecule has 2 aromatic rings. The molecule has 0 amide bonds. The lowest BCUT2D eigenvalue weighted by Gasteiger charge is -2.18. The van der Waals surface area contributed by atoms with Crippen LogP contribution < -0.4 is 0 Å². The quantitative estimate of drug-likeness (QED) is 0.552. The second kappa shape index (κ2) is 8.24. The van der Waals surface area contributed by atoms with E-state index >= 15 is 0 Å². The highest BCUT2D eigenvalue weighted by atomic mass is 16.7. The van der Waals surface area contributed by atoms with Crippen molar-refractivity contribution in [2.24, 2.45) is 0 Å². The Morgan fingerprint density at radius 2 is 1.64 bits per heavy atom. The van der Waals surface area contributed by atoms with E-state index in [1.165, 1.54) is 0 Å².